The standard InChI is InChI=1S/C28H33F3N2/c1-17-11-20(13-21(29)12-17)22-6-4-5-19(25(22)30)14-23-24(15-27(7-8-27)26(23)32-3)18(2)33-16-28(31)9-10-28/h4-6,11-13,23-24,26,32-33H,2,7-10,14-16H2,1,3H3/t23-,24?,26-/m1/s1. The van der Waals surface area contributed by atoms with Crippen molar-refractivity contribution in [1.29, 1.82) is 0 Å². The molecule has 0 radical (unpaired) electrons. The second kappa shape index (κ2) is 8.19. The van der Waals surface area contributed by atoms with Gasteiger partial charge in [-0.05, 0) is 92.7 Å². The molecule has 1 spiro atoms. The van der Waals surface area contributed by atoms with Gasteiger partial charge < -0.3 is 10.6 Å². The normalized spacial score (nSPS) is 26.4. The van der Waals surface area contributed by atoms with Gasteiger partial charge >= 0.3 is 0 Å². The lowest BCUT2D eigenvalue weighted by Crippen LogP contribution is -2.39. The highest BCUT2D eigenvalue weighted by atomic mass is 19.1. The maximum Gasteiger partial charge on any atom is 0.134 e. The number of hydrogen-bond donors (Lipinski definition) is 2. The summed E-state index contributed by atoms with van der Waals surface area (Å²) in [6, 6.07) is 10.3. The van der Waals surface area contributed by atoms with Crippen molar-refractivity contribution in [3.05, 3.63) is 71.4 Å². The van der Waals surface area contributed by atoms with Crippen molar-refractivity contribution in [2.45, 2.75) is 57.2 Å². The Bertz CT molecular complexity index is 1050. The van der Waals surface area contributed by atoms with Crippen LogP contribution in [-0.4, -0.2) is 25.3 Å². The lowest BCUT2D eigenvalue weighted by Gasteiger charge is -2.29. The monoisotopic (exact) mass is 454 g/mol. The minimum absolute atomic E-state index is 0.159. The Labute approximate surface area is 194 Å². The fourth-order valence-electron chi connectivity index (χ4n) is 6.06. The molecule has 0 heterocycles. The van der Waals surface area contributed by atoms with E-state index in [1.165, 1.54) is 12.1 Å². The molecule has 5 heteroatoms. The van der Waals surface area contributed by atoms with Gasteiger partial charge in [0.15, 0.2) is 0 Å². The molecule has 0 amide bonds. The van der Waals surface area contributed by atoms with Crippen molar-refractivity contribution in [2.24, 2.45) is 17.3 Å². The van der Waals surface area contributed by atoms with Crippen molar-refractivity contribution in [1.82, 2.24) is 10.6 Å². The Balaban J connectivity index is 1.42. The number of aryl methyl sites for hydroxylation is 1. The summed E-state index contributed by atoms with van der Waals surface area (Å²) in [5, 5.41) is 6.81. The second-order valence-corrected chi connectivity index (χ2v) is 10.6. The predicted octanol–water partition coefficient (Wildman–Crippen LogP) is 6.09. The molecule has 3 saturated carbocycles. The van der Waals surface area contributed by atoms with Gasteiger partial charge in [0.05, 0.1) is 0 Å². The van der Waals surface area contributed by atoms with Crippen LogP contribution in [0.2, 0.25) is 0 Å². The van der Waals surface area contributed by atoms with Gasteiger partial charge in [-0.15, -0.1) is 0 Å². The number of benzene rings is 2. The van der Waals surface area contributed by atoms with E-state index in [4.69, 9.17) is 0 Å². The number of halogens is 3. The first-order chi connectivity index (χ1) is 15.7. The molecule has 2 nitrogen and oxygen atoms in total. The van der Waals surface area contributed by atoms with Crippen LogP contribution in [0.4, 0.5) is 13.2 Å². The molecule has 0 aliphatic heterocycles. The molecule has 0 saturated heterocycles. The summed E-state index contributed by atoms with van der Waals surface area (Å²) in [6.07, 6.45) is 5.12. The van der Waals surface area contributed by atoms with Crippen molar-refractivity contribution < 1.29 is 13.2 Å². The average molecular weight is 455 g/mol. The first-order valence-electron chi connectivity index (χ1n) is 12.1. The Hall–Kier alpha value is -2.27. The van der Waals surface area contributed by atoms with E-state index in [0.29, 0.717) is 42.5 Å². The number of rotatable bonds is 8. The molecule has 5 rings (SSSR count). The molecule has 0 aromatic heterocycles. The Kier molecular flexibility index (Phi) is 5.59. The van der Waals surface area contributed by atoms with Crippen LogP contribution in [0, 0.1) is 35.8 Å². The summed E-state index contributed by atoms with van der Waals surface area (Å²) >= 11 is 0. The molecule has 1 unspecified atom stereocenters. The number of alkyl halides is 1. The van der Waals surface area contributed by atoms with Crippen LogP contribution in [0.15, 0.2) is 48.7 Å². The Morgan fingerprint density at radius 2 is 1.88 bits per heavy atom. The van der Waals surface area contributed by atoms with Crippen LogP contribution in [0.5, 0.6) is 0 Å². The van der Waals surface area contributed by atoms with Crippen molar-refractivity contribution in [2.75, 3.05) is 13.6 Å². The summed E-state index contributed by atoms with van der Waals surface area (Å²) < 4.78 is 43.9. The predicted molar refractivity (Wildman–Crippen MR) is 127 cm³/mol. The van der Waals surface area contributed by atoms with E-state index in [1.54, 1.807) is 6.07 Å². The minimum atomic E-state index is -1.08. The van der Waals surface area contributed by atoms with Crippen LogP contribution in [0.3, 0.4) is 0 Å². The van der Waals surface area contributed by atoms with Gasteiger partial charge in [-0.2, -0.15) is 0 Å². The lowest BCUT2D eigenvalue weighted by atomic mass is 9.84. The summed E-state index contributed by atoms with van der Waals surface area (Å²) in [7, 11) is 1.99. The molecule has 2 aromatic rings. The van der Waals surface area contributed by atoms with Gasteiger partial charge in [0, 0.05) is 29.8 Å². The third-order valence-corrected chi connectivity index (χ3v) is 8.19. The van der Waals surface area contributed by atoms with Crippen molar-refractivity contribution in [3.8, 4) is 11.1 Å². The van der Waals surface area contributed by atoms with Gasteiger partial charge in [-0.1, -0.05) is 30.8 Å². The average Bonchev–Trinajstić information content (AvgIpc) is 3.67. The zero-order valence-electron chi connectivity index (χ0n) is 19.5. The van der Waals surface area contributed by atoms with Crippen molar-refractivity contribution in [3.63, 3.8) is 0 Å². The molecular formula is C28H33F3N2. The molecule has 33 heavy (non-hydrogen) atoms. The van der Waals surface area contributed by atoms with E-state index in [-0.39, 0.29) is 34.9 Å². The zero-order chi connectivity index (χ0) is 23.4. The van der Waals surface area contributed by atoms with E-state index in [0.717, 1.165) is 30.5 Å². The third-order valence-electron chi connectivity index (χ3n) is 8.19. The van der Waals surface area contributed by atoms with E-state index in [1.807, 2.05) is 32.2 Å². The highest BCUT2D eigenvalue weighted by Gasteiger charge is 2.59. The molecule has 3 fully saturated rings. The van der Waals surface area contributed by atoms with Crippen LogP contribution in [-0.2, 0) is 6.42 Å². The van der Waals surface area contributed by atoms with E-state index < -0.39 is 5.67 Å². The smallest absolute Gasteiger partial charge is 0.134 e. The molecule has 3 atom stereocenters. The highest BCUT2D eigenvalue weighted by Crippen LogP contribution is 2.63. The van der Waals surface area contributed by atoms with Gasteiger partial charge in [0.2, 0.25) is 0 Å². The Morgan fingerprint density at radius 1 is 1.12 bits per heavy atom. The van der Waals surface area contributed by atoms with Crippen LogP contribution >= 0.6 is 0 Å². The van der Waals surface area contributed by atoms with E-state index >= 15 is 4.39 Å². The topological polar surface area (TPSA) is 24.1 Å². The molecule has 176 valence electrons. The maximum absolute atomic E-state index is 15.7. The van der Waals surface area contributed by atoms with Gasteiger partial charge in [-0.3, -0.25) is 0 Å². The third kappa shape index (κ3) is 4.32. The fraction of sp³-hybridized carbons (Fsp3) is 0.500. The maximum atomic E-state index is 15.7. The number of allylic oxidation sites excluding steroid dienone is 1. The lowest BCUT2D eigenvalue weighted by molar-refractivity contribution is 0.289. The molecule has 2 N–H and O–H groups in total. The molecule has 0 bridgehead atoms. The summed E-state index contributed by atoms with van der Waals surface area (Å²) in [5.41, 5.74) is 2.42. The first-order valence-corrected chi connectivity index (χ1v) is 12.1. The van der Waals surface area contributed by atoms with Crippen molar-refractivity contribution >= 4 is 0 Å². The summed E-state index contributed by atoms with van der Waals surface area (Å²) in [4.78, 5) is 0. The van der Waals surface area contributed by atoms with Crippen LogP contribution in [0.25, 0.3) is 11.1 Å². The van der Waals surface area contributed by atoms with Gasteiger partial charge in [0.1, 0.15) is 17.3 Å². The minimum Gasteiger partial charge on any atom is -0.385 e. The Morgan fingerprint density at radius 3 is 2.52 bits per heavy atom. The van der Waals surface area contributed by atoms with Crippen LogP contribution in [0.1, 0.15) is 43.2 Å². The number of nitrogens with one attached hydrogen (secondary N) is 2. The SMILES string of the molecule is C=C(NCC1(F)CC1)C1CC2(CC2)[C@H](NC)[C@@H]1Cc1cccc(-c2cc(C)cc(F)c2)c1F. The quantitative estimate of drug-likeness (QED) is 0.504. The molecule has 3 aliphatic carbocycles. The van der Waals surface area contributed by atoms with Crippen LogP contribution < -0.4 is 10.6 Å². The largest absolute Gasteiger partial charge is 0.385 e. The number of hydrogen-bond acceptors (Lipinski definition) is 2. The zero-order valence-corrected chi connectivity index (χ0v) is 19.5. The summed E-state index contributed by atoms with van der Waals surface area (Å²) in [5.74, 6) is -0.328. The molecular weight excluding hydrogens is 421 g/mol. The molecule has 2 aromatic carbocycles. The first kappa shape index (κ1) is 22.5. The highest BCUT2D eigenvalue weighted by molar-refractivity contribution is 5.66. The van der Waals surface area contributed by atoms with E-state index in [2.05, 4.69) is 17.2 Å². The second-order valence-electron chi connectivity index (χ2n) is 10.6. The van der Waals surface area contributed by atoms with Gasteiger partial charge in [0.25, 0.3) is 0 Å². The van der Waals surface area contributed by atoms with E-state index in [9.17, 15) is 8.78 Å². The van der Waals surface area contributed by atoms with Gasteiger partial charge in [-0.25, -0.2) is 13.2 Å². The fourth-order valence-corrected chi connectivity index (χ4v) is 6.06. The molecule has 3 aliphatic rings. The summed E-state index contributed by atoms with van der Waals surface area (Å²) in [6.45, 7) is 6.41.